The van der Waals surface area contributed by atoms with Gasteiger partial charge in [-0.3, -0.25) is 0 Å². The Bertz CT molecular complexity index is 50.8. The van der Waals surface area contributed by atoms with Crippen molar-refractivity contribution < 1.29 is 10.2 Å². The second-order valence-electron chi connectivity index (χ2n) is 1.43. The molecule has 36 valence electrons. The van der Waals surface area contributed by atoms with E-state index in [1.807, 2.05) is 0 Å². The van der Waals surface area contributed by atoms with Crippen molar-refractivity contribution in [1.29, 1.82) is 0 Å². The highest BCUT2D eigenvalue weighted by atomic mass is 16.5. The van der Waals surface area contributed by atoms with Crippen LogP contribution >= 0.6 is 0 Å². The lowest BCUT2D eigenvalue weighted by atomic mass is 10.5. The minimum atomic E-state index is -1.15. The van der Waals surface area contributed by atoms with Crippen LogP contribution in [0, 0.1) is 0 Å². The first-order valence-electron chi connectivity index (χ1n) is 1.90. The van der Waals surface area contributed by atoms with E-state index in [-0.39, 0.29) is 6.04 Å². The van der Waals surface area contributed by atoms with E-state index in [4.69, 9.17) is 10.2 Å². The molecule has 0 amide bonds. The Hall–Kier alpha value is -0.120. The molecule has 3 nitrogen and oxygen atoms in total. The van der Waals surface area contributed by atoms with Crippen LogP contribution < -0.4 is 5.32 Å². The Labute approximate surface area is 35.6 Å². The van der Waals surface area contributed by atoms with Crippen molar-refractivity contribution in [3.8, 4) is 0 Å². The highest BCUT2D eigenvalue weighted by Crippen LogP contribution is 1.98. The van der Waals surface area contributed by atoms with Gasteiger partial charge in [0.25, 0.3) is 0 Å². The fraction of sp³-hybridized carbons (Fsp3) is 1.00. The van der Waals surface area contributed by atoms with Crippen molar-refractivity contribution in [2.45, 2.75) is 12.3 Å². The molecule has 3 N–H and O–H groups in total. The van der Waals surface area contributed by atoms with Gasteiger partial charge in [0.1, 0.15) is 0 Å². The van der Waals surface area contributed by atoms with Gasteiger partial charge < -0.3 is 15.5 Å². The summed E-state index contributed by atoms with van der Waals surface area (Å²) in [7, 11) is 0. The Balaban J connectivity index is 2.13. The van der Waals surface area contributed by atoms with E-state index >= 15 is 0 Å². The summed E-state index contributed by atoms with van der Waals surface area (Å²) >= 11 is 0. The first-order valence-corrected chi connectivity index (χ1v) is 1.90. The summed E-state index contributed by atoms with van der Waals surface area (Å²) in [6.07, 6.45) is -1.15. The molecule has 1 fully saturated rings. The smallest absolute Gasteiger partial charge is 0.168 e. The zero-order valence-electron chi connectivity index (χ0n) is 3.26. The van der Waals surface area contributed by atoms with Crippen LogP contribution in [0.3, 0.4) is 0 Å². The molecule has 1 unspecified atom stereocenters. The largest absolute Gasteiger partial charge is 0.367 e. The molecule has 1 aliphatic rings. The Kier molecular flexibility index (Phi) is 0.799. The highest BCUT2D eigenvalue weighted by Gasteiger charge is 2.26. The van der Waals surface area contributed by atoms with Crippen LogP contribution in [-0.4, -0.2) is 29.1 Å². The van der Waals surface area contributed by atoms with Crippen LogP contribution in [0.5, 0.6) is 0 Å². The first kappa shape index (κ1) is 4.05. The molecule has 0 aromatic heterocycles. The molecule has 1 aliphatic heterocycles. The average molecular weight is 89.1 g/mol. The molecule has 0 spiro atoms. The van der Waals surface area contributed by atoms with Crippen LogP contribution in [0.2, 0.25) is 0 Å². The zero-order valence-corrected chi connectivity index (χ0v) is 3.26. The van der Waals surface area contributed by atoms with Gasteiger partial charge in [-0.1, -0.05) is 0 Å². The number of hydrogen-bond acceptors (Lipinski definition) is 3. The Morgan fingerprint density at radius 1 is 1.67 bits per heavy atom. The fourth-order valence-corrected chi connectivity index (χ4v) is 0.279. The van der Waals surface area contributed by atoms with E-state index < -0.39 is 6.29 Å². The molecule has 1 atom stereocenters. The lowest BCUT2D eigenvalue weighted by Gasteiger charge is -1.92. The van der Waals surface area contributed by atoms with Crippen LogP contribution in [0.1, 0.15) is 0 Å². The average Bonchev–Trinajstić information content (AvgIpc) is 2.06. The molecule has 6 heavy (non-hydrogen) atoms. The summed E-state index contributed by atoms with van der Waals surface area (Å²) in [6, 6.07) is -0.0370. The third-order valence-corrected chi connectivity index (χ3v) is 0.800. The maximum atomic E-state index is 8.19. The SMILES string of the molecule is OC(O)C1CN1. The fourth-order valence-electron chi connectivity index (χ4n) is 0.279. The van der Waals surface area contributed by atoms with Gasteiger partial charge in [-0.15, -0.1) is 0 Å². The summed E-state index contributed by atoms with van der Waals surface area (Å²) < 4.78 is 0. The molecule has 0 radical (unpaired) electrons. The summed E-state index contributed by atoms with van der Waals surface area (Å²) in [5, 5.41) is 19.1. The van der Waals surface area contributed by atoms with Crippen molar-refractivity contribution >= 4 is 0 Å². The van der Waals surface area contributed by atoms with Gasteiger partial charge in [-0.25, -0.2) is 0 Å². The van der Waals surface area contributed by atoms with E-state index in [1.54, 1.807) is 0 Å². The summed E-state index contributed by atoms with van der Waals surface area (Å²) in [5.74, 6) is 0. The van der Waals surface area contributed by atoms with E-state index in [9.17, 15) is 0 Å². The van der Waals surface area contributed by atoms with E-state index in [1.165, 1.54) is 0 Å². The number of hydrogen-bond donors (Lipinski definition) is 3. The Morgan fingerprint density at radius 2 is 2.17 bits per heavy atom. The van der Waals surface area contributed by atoms with Crippen LogP contribution in [-0.2, 0) is 0 Å². The first-order chi connectivity index (χ1) is 2.80. The number of aliphatic hydroxyl groups excluding tert-OH is 1. The molecular formula is C3H7NO2. The zero-order chi connectivity index (χ0) is 4.57. The van der Waals surface area contributed by atoms with Crippen molar-refractivity contribution in [2.75, 3.05) is 6.54 Å². The number of rotatable bonds is 1. The second kappa shape index (κ2) is 1.18. The summed E-state index contributed by atoms with van der Waals surface area (Å²) in [6.45, 7) is 0.748. The van der Waals surface area contributed by atoms with Gasteiger partial charge in [0.2, 0.25) is 0 Å². The van der Waals surface area contributed by atoms with Gasteiger partial charge in [-0.05, 0) is 0 Å². The van der Waals surface area contributed by atoms with Gasteiger partial charge in [0.05, 0.1) is 6.04 Å². The molecule has 0 bridgehead atoms. The molecule has 0 aliphatic carbocycles. The van der Waals surface area contributed by atoms with Crippen molar-refractivity contribution in [2.24, 2.45) is 0 Å². The van der Waals surface area contributed by atoms with E-state index in [0.717, 1.165) is 6.54 Å². The molecule has 1 heterocycles. The number of nitrogens with one attached hydrogen (secondary N) is 1. The number of aliphatic hydroxyl groups is 2. The minimum Gasteiger partial charge on any atom is -0.367 e. The van der Waals surface area contributed by atoms with Gasteiger partial charge in [0, 0.05) is 6.54 Å². The Morgan fingerprint density at radius 3 is 2.17 bits per heavy atom. The predicted molar refractivity (Wildman–Crippen MR) is 20.0 cm³/mol. The normalized spacial score (nSPS) is 31.5. The maximum Gasteiger partial charge on any atom is 0.168 e. The molecule has 1 rings (SSSR count). The molecule has 1 saturated heterocycles. The standard InChI is InChI=1S/C3H7NO2/c5-3(6)2-1-4-2/h2-6H,1H2. The van der Waals surface area contributed by atoms with Crippen LogP contribution in [0.25, 0.3) is 0 Å². The van der Waals surface area contributed by atoms with Gasteiger partial charge in [0.15, 0.2) is 6.29 Å². The minimum absolute atomic E-state index is 0.0370. The van der Waals surface area contributed by atoms with Gasteiger partial charge in [-0.2, -0.15) is 0 Å². The highest BCUT2D eigenvalue weighted by molar-refractivity contribution is 4.84. The second-order valence-corrected chi connectivity index (χ2v) is 1.43. The summed E-state index contributed by atoms with van der Waals surface area (Å²) in [4.78, 5) is 0. The quantitative estimate of drug-likeness (QED) is 0.264. The third-order valence-electron chi connectivity index (χ3n) is 0.800. The third kappa shape index (κ3) is 0.680. The van der Waals surface area contributed by atoms with Crippen LogP contribution in [0.4, 0.5) is 0 Å². The van der Waals surface area contributed by atoms with E-state index in [2.05, 4.69) is 5.32 Å². The lowest BCUT2D eigenvalue weighted by molar-refractivity contribution is -0.0392. The molecule has 0 saturated carbocycles. The molecule has 0 aromatic rings. The van der Waals surface area contributed by atoms with E-state index in [0.29, 0.717) is 0 Å². The van der Waals surface area contributed by atoms with Crippen molar-refractivity contribution in [3.63, 3.8) is 0 Å². The topological polar surface area (TPSA) is 62.4 Å². The molecule has 0 aromatic carbocycles. The van der Waals surface area contributed by atoms with Crippen molar-refractivity contribution in [3.05, 3.63) is 0 Å². The van der Waals surface area contributed by atoms with Crippen molar-refractivity contribution in [1.82, 2.24) is 5.32 Å². The maximum absolute atomic E-state index is 8.19. The summed E-state index contributed by atoms with van der Waals surface area (Å²) in [5.41, 5.74) is 0. The van der Waals surface area contributed by atoms with Gasteiger partial charge >= 0.3 is 0 Å². The molecular weight excluding hydrogens is 82.0 g/mol. The monoisotopic (exact) mass is 89.0 g/mol. The predicted octanol–water partition coefficient (Wildman–Crippen LogP) is -1.73. The molecule has 3 heteroatoms. The lowest BCUT2D eigenvalue weighted by Crippen LogP contribution is -2.14. The van der Waals surface area contributed by atoms with Crippen LogP contribution in [0.15, 0.2) is 0 Å².